The van der Waals surface area contributed by atoms with E-state index in [0.717, 1.165) is 0 Å². The summed E-state index contributed by atoms with van der Waals surface area (Å²) < 4.78 is 11.0. The van der Waals surface area contributed by atoms with Crippen molar-refractivity contribution in [1.29, 1.82) is 0 Å². The Labute approximate surface area is 167 Å². The summed E-state index contributed by atoms with van der Waals surface area (Å²) in [5, 5.41) is 19.2. The van der Waals surface area contributed by atoms with E-state index in [-0.39, 0.29) is 49.0 Å². The normalized spacial score (nSPS) is 16.8. The zero-order valence-electron chi connectivity index (χ0n) is 14.9. The largest absolute Gasteiger partial charge is 0.535 e. The topological polar surface area (TPSA) is 165 Å². The summed E-state index contributed by atoms with van der Waals surface area (Å²) in [6.45, 7) is 0.426. The maximum atomic E-state index is 12.1. The lowest BCUT2D eigenvalue weighted by Crippen LogP contribution is -2.60. The van der Waals surface area contributed by atoms with Gasteiger partial charge in [0.1, 0.15) is 23.2 Å². The van der Waals surface area contributed by atoms with Crippen molar-refractivity contribution in [3.63, 3.8) is 0 Å². The average Bonchev–Trinajstić information content (AvgIpc) is 2.55. The molecule has 1 saturated heterocycles. The number of ether oxygens (including phenoxy) is 1. The molecule has 2 heterocycles. The summed E-state index contributed by atoms with van der Waals surface area (Å²) >= 11 is 0. The van der Waals surface area contributed by atoms with E-state index in [1.165, 1.54) is 4.90 Å². The molecule has 6 N–H and O–H groups in total. The van der Waals surface area contributed by atoms with Crippen molar-refractivity contribution < 1.29 is 33.9 Å². The van der Waals surface area contributed by atoms with Gasteiger partial charge < -0.3 is 35.9 Å². The number of primary amides is 1. The summed E-state index contributed by atoms with van der Waals surface area (Å²) in [5.41, 5.74) is 11.2. The SMILES string of the molecule is Cl.NC(=O)C[C@@H](N)C(=O)N1CC(Oc2ccc3c(c2C(=O)O)OB(O)CC3)C1. The van der Waals surface area contributed by atoms with Crippen LogP contribution < -0.4 is 20.9 Å². The number of hydrogen-bond donors (Lipinski definition) is 4. The molecular weight excluding hydrogens is 392 g/mol. The Hall–Kier alpha value is -2.50. The van der Waals surface area contributed by atoms with E-state index in [1.807, 2.05) is 0 Å². The number of hydrogen-bond acceptors (Lipinski definition) is 7. The summed E-state index contributed by atoms with van der Waals surface area (Å²) in [6, 6.07) is 2.25. The van der Waals surface area contributed by atoms with Crippen LogP contribution in [-0.4, -0.2) is 65.2 Å². The van der Waals surface area contributed by atoms with E-state index in [1.54, 1.807) is 12.1 Å². The molecule has 0 aliphatic carbocycles. The summed E-state index contributed by atoms with van der Waals surface area (Å²) in [7, 11) is -1.06. The molecule has 28 heavy (non-hydrogen) atoms. The number of amides is 2. The van der Waals surface area contributed by atoms with Crippen LogP contribution in [0.25, 0.3) is 0 Å². The van der Waals surface area contributed by atoms with Crippen molar-refractivity contribution >= 4 is 37.3 Å². The first-order chi connectivity index (χ1) is 12.8. The van der Waals surface area contributed by atoms with Crippen molar-refractivity contribution in [2.45, 2.75) is 31.3 Å². The van der Waals surface area contributed by atoms with Crippen LogP contribution in [-0.2, 0) is 16.0 Å². The Kier molecular flexibility index (Phi) is 6.75. The molecule has 1 aromatic rings. The summed E-state index contributed by atoms with van der Waals surface area (Å²) in [5.74, 6) is -2.09. The zero-order valence-corrected chi connectivity index (χ0v) is 15.7. The number of carboxylic acids is 1. The Morgan fingerprint density at radius 2 is 2.04 bits per heavy atom. The number of nitrogens with zero attached hydrogens (tertiary/aromatic N) is 1. The second-order valence-electron chi connectivity index (χ2n) is 6.60. The highest BCUT2D eigenvalue weighted by Crippen LogP contribution is 2.37. The number of halogens is 1. The van der Waals surface area contributed by atoms with Gasteiger partial charge in [-0.2, -0.15) is 0 Å². The predicted octanol–water partition coefficient (Wildman–Crippen LogP) is -0.986. The predicted molar refractivity (Wildman–Crippen MR) is 101 cm³/mol. The maximum Gasteiger partial charge on any atom is 0.522 e. The fourth-order valence-electron chi connectivity index (χ4n) is 3.12. The number of fused-ring (bicyclic) bond motifs is 1. The average molecular weight is 414 g/mol. The highest BCUT2D eigenvalue weighted by atomic mass is 35.5. The molecule has 0 unspecified atom stereocenters. The molecule has 2 aliphatic rings. The highest BCUT2D eigenvalue weighted by molar-refractivity contribution is 6.44. The first-order valence-corrected chi connectivity index (χ1v) is 8.49. The number of likely N-dealkylation sites (tertiary alicyclic amines) is 1. The van der Waals surface area contributed by atoms with Crippen LogP contribution >= 0.6 is 12.4 Å². The van der Waals surface area contributed by atoms with Gasteiger partial charge >= 0.3 is 13.1 Å². The monoisotopic (exact) mass is 413 g/mol. The summed E-state index contributed by atoms with van der Waals surface area (Å²) in [4.78, 5) is 36.0. The molecule has 1 atom stereocenters. The lowest BCUT2D eigenvalue weighted by Gasteiger charge is -2.40. The number of benzene rings is 1. The number of aryl methyl sites for hydroxylation is 1. The van der Waals surface area contributed by atoms with Crippen molar-refractivity contribution in [3.05, 3.63) is 23.3 Å². The van der Waals surface area contributed by atoms with E-state index in [4.69, 9.17) is 20.9 Å². The molecule has 0 radical (unpaired) electrons. The standard InChI is InChI=1S/C16H20BN3O7.ClH/c18-10(5-12(19)21)15(22)20-6-9(7-20)26-11-2-1-8-3-4-17(25)27-14(8)13(11)16(23)24;/h1-2,9-10,25H,3-7,18H2,(H2,19,21)(H,23,24);1H/t10-;/m1./s1. The molecule has 152 valence electrons. The second-order valence-corrected chi connectivity index (χ2v) is 6.60. The van der Waals surface area contributed by atoms with Gasteiger partial charge in [-0.05, 0) is 24.4 Å². The van der Waals surface area contributed by atoms with Gasteiger partial charge in [0.2, 0.25) is 11.8 Å². The Morgan fingerprint density at radius 3 is 2.64 bits per heavy atom. The van der Waals surface area contributed by atoms with Gasteiger partial charge in [0.25, 0.3) is 0 Å². The number of carbonyl (C=O) groups is 3. The molecule has 1 aromatic carbocycles. The van der Waals surface area contributed by atoms with Crippen LogP contribution in [0, 0.1) is 0 Å². The quantitative estimate of drug-likeness (QED) is 0.432. The molecular formula is C16H21BClN3O7. The first-order valence-electron chi connectivity index (χ1n) is 8.49. The molecule has 0 saturated carbocycles. The molecule has 0 aromatic heterocycles. The Morgan fingerprint density at radius 1 is 1.36 bits per heavy atom. The third-order valence-corrected chi connectivity index (χ3v) is 4.52. The number of rotatable bonds is 6. The van der Waals surface area contributed by atoms with Gasteiger partial charge in [-0.3, -0.25) is 9.59 Å². The van der Waals surface area contributed by atoms with Crippen LogP contribution in [0.5, 0.6) is 11.5 Å². The molecule has 12 heteroatoms. The number of nitrogens with two attached hydrogens (primary N) is 2. The number of aromatic carboxylic acids is 1. The lowest BCUT2D eigenvalue weighted by molar-refractivity contribution is -0.142. The van der Waals surface area contributed by atoms with E-state index in [0.29, 0.717) is 18.3 Å². The van der Waals surface area contributed by atoms with Crippen LogP contribution in [0.4, 0.5) is 0 Å². The van der Waals surface area contributed by atoms with Crippen molar-refractivity contribution in [2.24, 2.45) is 11.5 Å². The van der Waals surface area contributed by atoms with Crippen LogP contribution in [0.1, 0.15) is 22.3 Å². The van der Waals surface area contributed by atoms with Gasteiger partial charge in [-0.15, -0.1) is 12.4 Å². The van der Waals surface area contributed by atoms with E-state index in [9.17, 15) is 24.5 Å². The van der Waals surface area contributed by atoms with Crippen molar-refractivity contribution in [2.75, 3.05) is 13.1 Å². The fourth-order valence-corrected chi connectivity index (χ4v) is 3.12. The minimum Gasteiger partial charge on any atom is -0.535 e. The molecule has 2 amide bonds. The van der Waals surface area contributed by atoms with Crippen molar-refractivity contribution in [1.82, 2.24) is 4.90 Å². The highest BCUT2D eigenvalue weighted by Gasteiger charge is 2.37. The van der Waals surface area contributed by atoms with Gasteiger partial charge in [-0.1, -0.05) is 6.07 Å². The van der Waals surface area contributed by atoms with E-state index < -0.39 is 37.0 Å². The van der Waals surface area contributed by atoms with Gasteiger partial charge in [0.15, 0.2) is 0 Å². The fraction of sp³-hybridized carbons (Fsp3) is 0.438. The molecule has 10 nitrogen and oxygen atoms in total. The number of carbonyl (C=O) groups excluding carboxylic acids is 2. The number of carboxylic acid groups (broad SMARTS) is 1. The van der Waals surface area contributed by atoms with Gasteiger partial charge in [0, 0.05) is 0 Å². The Balaban J connectivity index is 0.00000280. The van der Waals surface area contributed by atoms with Crippen LogP contribution in [0.3, 0.4) is 0 Å². The Bertz CT molecular complexity index is 788. The van der Waals surface area contributed by atoms with Crippen LogP contribution in [0.2, 0.25) is 6.32 Å². The second kappa shape index (κ2) is 8.67. The minimum atomic E-state index is -1.23. The molecule has 3 rings (SSSR count). The summed E-state index contributed by atoms with van der Waals surface area (Å²) in [6.07, 6.45) is 0.228. The third-order valence-electron chi connectivity index (χ3n) is 4.52. The zero-order chi connectivity index (χ0) is 19.7. The molecule has 0 bridgehead atoms. The molecule has 1 fully saturated rings. The lowest BCUT2D eigenvalue weighted by atomic mass is 9.78. The first kappa shape index (κ1) is 21.8. The maximum absolute atomic E-state index is 12.1. The third kappa shape index (κ3) is 4.49. The van der Waals surface area contributed by atoms with E-state index in [2.05, 4.69) is 0 Å². The van der Waals surface area contributed by atoms with Gasteiger partial charge in [-0.25, -0.2) is 4.79 Å². The van der Waals surface area contributed by atoms with E-state index >= 15 is 0 Å². The molecule has 2 aliphatic heterocycles. The van der Waals surface area contributed by atoms with Crippen LogP contribution in [0.15, 0.2) is 12.1 Å². The van der Waals surface area contributed by atoms with Gasteiger partial charge in [0.05, 0.1) is 25.6 Å². The molecule has 0 spiro atoms. The minimum absolute atomic E-state index is 0. The smallest absolute Gasteiger partial charge is 0.522 e. The van der Waals surface area contributed by atoms with Crippen molar-refractivity contribution in [3.8, 4) is 11.5 Å².